The zero-order valence-corrected chi connectivity index (χ0v) is 19.6. The Morgan fingerprint density at radius 1 is 1.15 bits per heavy atom. The maximum Gasteiger partial charge on any atom is 0.193 e. The molecule has 5 nitrogen and oxygen atoms in total. The summed E-state index contributed by atoms with van der Waals surface area (Å²) in [5, 5.41) is 3.86. The first-order valence-corrected chi connectivity index (χ1v) is 11.1. The van der Waals surface area contributed by atoms with Gasteiger partial charge < -0.3 is 19.9 Å². The van der Waals surface area contributed by atoms with Gasteiger partial charge in [0.15, 0.2) is 5.96 Å². The van der Waals surface area contributed by atoms with Gasteiger partial charge in [0.1, 0.15) is 0 Å². The summed E-state index contributed by atoms with van der Waals surface area (Å²) in [5.41, 5.74) is 0.376. The number of guanidine groups is 1. The molecule has 156 valence electrons. The van der Waals surface area contributed by atoms with Crippen LogP contribution in [0.4, 0.5) is 0 Å². The van der Waals surface area contributed by atoms with E-state index in [1.54, 1.807) is 0 Å². The minimum atomic E-state index is 0. The van der Waals surface area contributed by atoms with Crippen LogP contribution in [0.3, 0.4) is 0 Å². The molecule has 2 aliphatic heterocycles. The largest absolute Gasteiger partial charge is 0.378 e. The van der Waals surface area contributed by atoms with Gasteiger partial charge in [-0.1, -0.05) is 12.8 Å². The number of ether oxygens (including phenoxy) is 1. The average Bonchev–Trinajstić information content (AvgIpc) is 3.39. The summed E-state index contributed by atoms with van der Waals surface area (Å²) in [7, 11) is 1.95. The summed E-state index contributed by atoms with van der Waals surface area (Å²) in [4.78, 5) is 9.84. The number of hydrogen-bond donors (Lipinski definition) is 1. The van der Waals surface area contributed by atoms with Crippen molar-refractivity contribution >= 4 is 29.9 Å². The lowest BCUT2D eigenvalue weighted by molar-refractivity contribution is -0.126. The second kappa shape index (κ2) is 9.61. The Hall–Kier alpha value is -0.0800. The molecule has 0 aromatic carbocycles. The lowest BCUT2D eigenvalue weighted by atomic mass is 9.60. The van der Waals surface area contributed by atoms with Crippen LogP contribution in [-0.2, 0) is 4.74 Å². The second-order valence-corrected chi connectivity index (χ2v) is 8.97. The molecule has 0 amide bonds. The molecule has 2 aliphatic carbocycles. The molecule has 2 saturated heterocycles. The van der Waals surface area contributed by atoms with Crippen molar-refractivity contribution in [2.45, 2.75) is 70.4 Å². The minimum Gasteiger partial charge on any atom is -0.378 e. The quantitative estimate of drug-likeness (QED) is 0.365. The summed E-state index contributed by atoms with van der Waals surface area (Å²) >= 11 is 0. The number of nitrogens with one attached hydrogen (secondary N) is 1. The van der Waals surface area contributed by atoms with Gasteiger partial charge in [-0.05, 0) is 64.5 Å². The first kappa shape index (κ1) is 21.6. The highest BCUT2D eigenvalue weighted by Crippen LogP contribution is 2.54. The van der Waals surface area contributed by atoms with Crippen molar-refractivity contribution in [3.8, 4) is 0 Å². The van der Waals surface area contributed by atoms with E-state index in [0.717, 1.165) is 31.4 Å². The van der Waals surface area contributed by atoms with E-state index in [0.29, 0.717) is 17.6 Å². The maximum atomic E-state index is 6.08. The first-order chi connectivity index (χ1) is 12.7. The first-order valence-electron chi connectivity index (χ1n) is 11.1. The molecule has 0 radical (unpaired) electrons. The SMILES string of the molecule is CCOC1CC(NC(=NC)N2CCC(CN3CCCC3)C2)C12CCCC2.I. The van der Waals surface area contributed by atoms with Crippen molar-refractivity contribution in [1.82, 2.24) is 15.1 Å². The number of rotatable bonds is 5. The Morgan fingerprint density at radius 2 is 1.89 bits per heavy atom. The zero-order valence-electron chi connectivity index (χ0n) is 17.3. The molecule has 4 rings (SSSR count). The minimum absolute atomic E-state index is 0. The van der Waals surface area contributed by atoms with E-state index in [2.05, 4.69) is 27.0 Å². The van der Waals surface area contributed by atoms with E-state index < -0.39 is 0 Å². The molecule has 3 atom stereocenters. The number of aliphatic imine (C=N–C) groups is 1. The molecule has 3 unspecified atom stereocenters. The smallest absolute Gasteiger partial charge is 0.193 e. The lowest BCUT2D eigenvalue weighted by Gasteiger charge is -2.54. The zero-order chi connectivity index (χ0) is 18.0. The third-order valence-electron chi connectivity index (χ3n) is 7.50. The van der Waals surface area contributed by atoms with Gasteiger partial charge in [0.05, 0.1) is 6.10 Å². The van der Waals surface area contributed by atoms with Crippen LogP contribution in [0.2, 0.25) is 0 Å². The highest BCUT2D eigenvalue weighted by molar-refractivity contribution is 14.0. The van der Waals surface area contributed by atoms with Crippen molar-refractivity contribution in [3.05, 3.63) is 0 Å². The molecule has 0 bridgehead atoms. The van der Waals surface area contributed by atoms with E-state index >= 15 is 0 Å². The Morgan fingerprint density at radius 3 is 2.56 bits per heavy atom. The Kier molecular flexibility index (Phi) is 7.70. The molecule has 1 spiro atoms. The van der Waals surface area contributed by atoms with E-state index in [4.69, 9.17) is 4.74 Å². The van der Waals surface area contributed by atoms with E-state index in [1.807, 2.05) is 7.05 Å². The topological polar surface area (TPSA) is 40.1 Å². The van der Waals surface area contributed by atoms with Gasteiger partial charge >= 0.3 is 0 Å². The molecule has 0 aromatic heterocycles. The Labute approximate surface area is 182 Å². The predicted molar refractivity (Wildman–Crippen MR) is 122 cm³/mol. The van der Waals surface area contributed by atoms with E-state index in [1.165, 1.54) is 71.1 Å². The molecule has 6 heteroatoms. The monoisotopic (exact) mass is 490 g/mol. The van der Waals surface area contributed by atoms with Gasteiger partial charge in [-0.2, -0.15) is 0 Å². The van der Waals surface area contributed by atoms with Crippen molar-refractivity contribution in [2.24, 2.45) is 16.3 Å². The molecule has 4 fully saturated rings. The van der Waals surface area contributed by atoms with Crippen molar-refractivity contribution < 1.29 is 4.74 Å². The summed E-state index contributed by atoms with van der Waals surface area (Å²) in [6.07, 6.45) is 11.1. The van der Waals surface area contributed by atoms with Crippen molar-refractivity contribution in [1.29, 1.82) is 0 Å². The van der Waals surface area contributed by atoms with Crippen LogP contribution in [0.5, 0.6) is 0 Å². The van der Waals surface area contributed by atoms with Gasteiger partial charge in [-0.15, -0.1) is 24.0 Å². The summed E-state index contributed by atoms with van der Waals surface area (Å²) < 4.78 is 6.08. The molecule has 1 N–H and O–H groups in total. The van der Waals surface area contributed by atoms with Crippen LogP contribution in [0.25, 0.3) is 0 Å². The predicted octanol–water partition coefficient (Wildman–Crippen LogP) is 3.34. The third kappa shape index (κ3) is 4.42. The fourth-order valence-corrected chi connectivity index (χ4v) is 6.05. The Bertz CT molecular complexity index is 502. The van der Waals surface area contributed by atoms with Gasteiger partial charge in [0.25, 0.3) is 0 Å². The second-order valence-electron chi connectivity index (χ2n) is 8.97. The van der Waals surface area contributed by atoms with Crippen LogP contribution >= 0.6 is 24.0 Å². The van der Waals surface area contributed by atoms with Crippen LogP contribution in [0.15, 0.2) is 4.99 Å². The van der Waals surface area contributed by atoms with Crippen LogP contribution in [0, 0.1) is 11.3 Å². The normalized spacial score (nSPS) is 33.3. The van der Waals surface area contributed by atoms with Gasteiger partial charge in [0, 0.05) is 44.7 Å². The van der Waals surface area contributed by atoms with E-state index in [-0.39, 0.29) is 24.0 Å². The number of nitrogens with zero attached hydrogens (tertiary/aromatic N) is 3. The highest BCUT2D eigenvalue weighted by atomic mass is 127. The average molecular weight is 490 g/mol. The fraction of sp³-hybridized carbons (Fsp3) is 0.952. The van der Waals surface area contributed by atoms with Crippen molar-refractivity contribution in [3.63, 3.8) is 0 Å². The Balaban J connectivity index is 0.00000210. The summed E-state index contributed by atoms with van der Waals surface area (Å²) in [6, 6.07) is 0.554. The van der Waals surface area contributed by atoms with Crippen LogP contribution in [-0.4, -0.2) is 74.3 Å². The molecular formula is C21H39IN4O. The van der Waals surface area contributed by atoms with Crippen molar-refractivity contribution in [2.75, 3.05) is 46.4 Å². The molecular weight excluding hydrogens is 451 g/mol. The van der Waals surface area contributed by atoms with Gasteiger partial charge in [-0.3, -0.25) is 4.99 Å². The summed E-state index contributed by atoms with van der Waals surface area (Å²) in [5.74, 6) is 1.95. The third-order valence-corrected chi connectivity index (χ3v) is 7.50. The number of halogens is 1. The van der Waals surface area contributed by atoms with E-state index in [9.17, 15) is 0 Å². The lowest BCUT2D eigenvalue weighted by Crippen LogP contribution is -2.65. The number of hydrogen-bond acceptors (Lipinski definition) is 3. The summed E-state index contributed by atoms with van der Waals surface area (Å²) in [6.45, 7) is 9.22. The molecule has 2 heterocycles. The molecule has 0 aromatic rings. The number of likely N-dealkylation sites (tertiary alicyclic amines) is 2. The standard InChI is InChI=1S/C21H38N4O.HI/c1-3-26-19-14-18(21(19)9-4-5-10-21)23-20(22-2)25-13-8-17(16-25)15-24-11-6-7-12-24;/h17-19H,3-16H2,1-2H3,(H,22,23);1H. The maximum absolute atomic E-state index is 6.08. The molecule has 27 heavy (non-hydrogen) atoms. The van der Waals surface area contributed by atoms with Gasteiger partial charge in [-0.25, -0.2) is 0 Å². The van der Waals surface area contributed by atoms with Crippen LogP contribution < -0.4 is 5.32 Å². The molecule has 4 aliphatic rings. The highest BCUT2D eigenvalue weighted by Gasteiger charge is 2.57. The van der Waals surface area contributed by atoms with Gasteiger partial charge in [0.2, 0.25) is 0 Å². The fourth-order valence-electron chi connectivity index (χ4n) is 6.05. The van der Waals surface area contributed by atoms with Crippen LogP contribution in [0.1, 0.15) is 58.3 Å². The molecule has 2 saturated carbocycles.